The lowest BCUT2D eigenvalue weighted by Crippen LogP contribution is -2.18. The van der Waals surface area contributed by atoms with Gasteiger partial charge in [0.2, 0.25) is 5.95 Å². The van der Waals surface area contributed by atoms with Gasteiger partial charge in [-0.25, -0.2) is 4.98 Å². The van der Waals surface area contributed by atoms with Gasteiger partial charge < -0.3 is 14.8 Å². The predicted octanol–water partition coefficient (Wildman–Crippen LogP) is 3.14. The van der Waals surface area contributed by atoms with E-state index in [4.69, 9.17) is 0 Å². The van der Waals surface area contributed by atoms with E-state index in [9.17, 15) is 0 Å². The fraction of sp³-hybridized carbons (Fsp3) is 0.400. The number of imidazole rings is 1. The summed E-state index contributed by atoms with van der Waals surface area (Å²) >= 11 is 0. The molecule has 0 aliphatic rings. The molecule has 0 amide bonds. The molecule has 1 aromatic carbocycles. The molecule has 0 aliphatic carbocycles. The van der Waals surface area contributed by atoms with E-state index < -0.39 is 0 Å². The summed E-state index contributed by atoms with van der Waals surface area (Å²) in [5.74, 6) is 0.900. The first-order valence-electron chi connectivity index (χ1n) is 6.66. The molecule has 1 aromatic heterocycles. The zero-order chi connectivity index (χ0) is 13.7. The Morgan fingerprint density at radius 1 is 1.26 bits per heavy atom. The normalized spacial score (nSPS) is 12.6. The van der Waals surface area contributed by atoms with Crippen LogP contribution in [-0.4, -0.2) is 35.1 Å². The van der Waals surface area contributed by atoms with Crippen LogP contribution in [0.4, 0.5) is 11.6 Å². The lowest BCUT2D eigenvalue weighted by Gasteiger charge is -2.19. The van der Waals surface area contributed by atoms with Gasteiger partial charge in [0.25, 0.3) is 0 Å². The van der Waals surface area contributed by atoms with Gasteiger partial charge in [-0.15, -0.1) is 0 Å². The Bertz CT molecular complexity index is 490. The molecular weight excluding hydrogens is 236 g/mol. The smallest absolute Gasteiger partial charge is 0.207 e. The Kier molecular flexibility index (Phi) is 4.58. The maximum absolute atomic E-state index is 4.40. The van der Waals surface area contributed by atoms with Crippen molar-refractivity contribution in [2.75, 3.05) is 26.0 Å². The summed E-state index contributed by atoms with van der Waals surface area (Å²) in [6.07, 6.45) is 4.98. The van der Waals surface area contributed by atoms with E-state index >= 15 is 0 Å². The summed E-state index contributed by atoms with van der Waals surface area (Å²) in [6, 6.07) is 10.6. The molecule has 0 bridgehead atoms. The second kappa shape index (κ2) is 6.38. The highest BCUT2D eigenvalue weighted by molar-refractivity contribution is 5.53. The maximum Gasteiger partial charge on any atom is 0.207 e. The average Bonchev–Trinajstić information content (AvgIpc) is 2.85. The molecule has 4 heteroatoms. The van der Waals surface area contributed by atoms with E-state index in [0.717, 1.165) is 24.6 Å². The summed E-state index contributed by atoms with van der Waals surface area (Å²) in [7, 11) is 4.20. The van der Waals surface area contributed by atoms with Gasteiger partial charge in [0.15, 0.2) is 0 Å². The number of anilines is 2. The van der Waals surface area contributed by atoms with Crippen molar-refractivity contribution in [3.63, 3.8) is 0 Å². The first kappa shape index (κ1) is 13.6. The molecule has 0 saturated heterocycles. The molecule has 1 atom stereocenters. The van der Waals surface area contributed by atoms with Crippen LogP contribution in [0.25, 0.3) is 0 Å². The molecule has 0 saturated carbocycles. The molecule has 2 rings (SSSR count). The van der Waals surface area contributed by atoms with Crippen LogP contribution >= 0.6 is 0 Å². The Labute approximate surface area is 115 Å². The summed E-state index contributed by atoms with van der Waals surface area (Å²) in [5.41, 5.74) is 1.06. The molecule has 0 aliphatic heterocycles. The van der Waals surface area contributed by atoms with Crippen molar-refractivity contribution in [2.24, 2.45) is 0 Å². The second-order valence-corrected chi connectivity index (χ2v) is 5.09. The minimum absolute atomic E-state index is 0.427. The van der Waals surface area contributed by atoms with E-state index in [1.165, 1.54) is 0 Å². The van der Waals surface area contributed by atoms with E-state index in [1.54, 1.807) is 0 Å². The lowest BCUT2D eigenvalue weighted by molar-refractivity contribution is 0.359. The Morgan fingerprint density at radius 3 is 2.68 bits per heavy atom. The van der Waals surface area contributed by atoms with Crippen LogP contribution < -0.4 is 5.32 Å². The summed E-state index contributed by atoms with van der Waals surface area (Å²) in [4.78, 5) is 6.60. The van der Waals surface area contributed by atoms with Crippen LogP contribution in [0.3, 0.4) is 0 Å². The van der Waals surface area contributed by atoms with Crippen molar-refractivity contribution in [3.8, 4) is 0 Å². The molecule has 19 heavy (non-hydrogen) atoms. The maximum atomic E-state index is 4.40. The number of aromatic nitrogens is 2. The van der Waals surface area contributed by atoms with E-state index in [1.807, 2.05) is 42.7 Å². The Morgan fingerprint density at radius 2 is 2.00 bits per heavy atom. The lowest BCUT2D eigenvalue weighted by atomic mass is 10.2. The van der Waals surface area contributed by atoms with Gasteiger partial charge in [-0.05, 0) is 46.1 Å². The number of rotatable bonds is 6. The minimum atomic E-state index is 0.427. The Hall–Kier alpha value is -1.81. The van der Waals surface area contributed by atoms with Crippen molar-refractivity contribution in [3.05, 3.63) is 42.7 Å². The first-order valence-corrected chi connectivity index (χ1v) is 6.66. The monoisotopic (exact) mass is 258 g/mol. The third kappa shape index (κ3) is 3.83. The number of hydrogen-bond donors (Lipinski definition) is 1. The van der Waals surface area contributed by atoms with Crippen molar-refractivity contribution in [1.29, 1.82) is 0 Å². The first-order chi connectivity index (χ1) is 9.16. The van der Waals surface area contributed by atoms with Crippen molar-refractivity contribution in [2.45, 2.75) is 19.4 Å². The number of nitrogens with one attached hydrogen (secondary N) is 1. The minimum Gasteiger partial charge on any atom is -0.326 e. The van der Waals surface area contributed by atoms with E-state index in [-0.39, 0.29) is 0 Å². The van der Waals surface area contributed by atoms with Crippen LogP contribution in [0, 0.1) is 0 Å². The highest BCUT2D eigenvalue weighted by atomic mass is 15.2. The summed E-state index contributed by atoms with van der Waals surface area (Å²) in [6.45, 7) is 3.30. The zero-order valence-electron chi connectivity index (χ0n) is 11.9. The third-order valence-corrected chi connectivity index (χ3v) is 3.17. The number of hydrogen-bond acceptors (Lipinski definition) is 3. The van der Waals surface area contributed by atoms with Crippen LogP contribution in [0.15, 0.2) is 42.7 Å². The molecule has 0 radical (unpaired) electrons. The summed E-state index contributed by atoms with van der Waals surface area (Å²) in [5, 5.41) is 3.36. The van der Waals surface area contributed by atoms with Crippen molar-refractivity contribution >= 4 is 11.6 Å². The highest BCUT2D eigenvalue weighted by Crippen LogP contribution is 2.20. The van der Waals surface area contributed by atoms with Gasteiger partial charge in [0, 0.05) is 24.1 Å². The fourth-order valence-corrected chi connectivity index (χ4v) is 2.00. The van der Waals surface area contributed by atoms with E-state index in [2.05, 4.69) is 40.8 Å². The quantitative estimate of drug-likeness (QED) is 0.864. The van der Waals surface area contributed by atoms with Gasteiger partial charge in [-0.2, -0.15) is 0 Å². The molecule has 102 valence electrons. The molecule has 0 fully saturated rings. The molecule has 1 unspecified atom stereocenters. The molecule has 4 nitrogen and oxygen atoms in total. The van der Waals surface area contributed by atoms with E-state index in [0.29, 0.717) is 6.04 Å². The van der Waals surface area contributed by atoms with Gasteiger partial charge >= 0.3 is 0 Å². The standard InChI is InChI=1S/C15H22N4/c1-13(9-11-18(2)3)19-12-10-16-15(19)17-14-7-5-4-6-8-14/h4-8,10,12-13H,9,11H2,1-3H3,(H,16,17). The van der Waals surface area contributed by atoms with Gasteiger partial charge in [-0.3, -0.25) is 0 Å². The predicted molar refractivity (Wildman–Crippen MR) is 79.8 cm³/mol. The average molecular weight is 258 g/mol. The van der Waals surface area contributed by atoms with Crippen LogP contribution in [0.5, 0.6) is 0 Å². The second-order valence-electron chi connectivity index (χ2n) is 5.09. The Balaban J connectivity index is 2.05. The van der Waals surface area contributed by atoms with Crippen molar-refractivity contribution in [1.82, 2.24) is 14.5 Å². The van der Waals surface area contributed by atoms with Gasteiger partial charge in [-0.1, -0.05) is 18.2 Å². The molecule has 1 N–H and O–H groups in total. The van der Waals surface area contributed by atoms with Gasteiger partial charge in [0.05, 0.1) is 0 Å². The SMILES string of the molecule is CC(CCN(C)C)n1ccnc1Nc1ccccc1. The zero-order valence-corrected chi connectivity index (χ0v) is 11.9. The van der Waals surface area contributed by atoms with Crippen LogP contribution in [0.1, 0.15) is 19.4 Å². The third-order valence-electron chi connectivity index (χ3n) is 3.17. The fourth-order valence-electron chi connectivity index (χ4n) is 2.00. The molecule has 1 heterocycles. The topological polar surface area (TPSA) is 33.1 Å². The highest BCUT2D eigenvalue weighted by Gasteiger charge is 2.10. The largest absolute Gasteiger partial charge is 0.326 e. The van der Waals surface area contributed by atoms with Gasteiger partial charge in [0.1, 0.15) is 0 Å². The number of benzene rings is 1. The number of nitrogens with zero attached hydrogens (tertiary/aromatic N) is 3. The number of para-hydroxylation sites is 1. The molecule has 0 spiro atoms. The molecular formula is C15H22N4. The summed E-state index contributed by atoms with van der Waals surface area (Å²) < 4.78 is 2.19. The van der Waals surface area contributed by atoms with Crippen molar-refractivity contribution < 1.29 is 0 Å². The van der Waals surface area contributed by atoms with Crippen LogP contribution in [-0.2, 0) is 0 Å². The van der Waals surface area contributed by atoms with Crippen LogP contribution in [0.2, 0.25) is 0 Å². The molecule has 2 aromatic rings.